The first-order valence-corrected chi connectivity index (χ1v) is 5.85. The molecule has 0 spiro atoms. The number of aliphatic hydroxyl groups excluding tert-OH is 1. The average Bonchev–Trinajstić information content (AvgIpc) is 2.14. The van der Waals surface area contributed by atoms with Gasteiger partial charge in [-0.2, -0.15) is 0 Å². The molecule has 0 aromatic heterocycles. The van der Waals surface area contributed by atoms with Gasteiger partial charge in [-0.05, 0) is 26.8 Å². The first kappa shape index (κ1) is 13.6. The summed E-state index contributed by atoms with van der Waals surface area (Å²) in [6.45, 7) is 6.27. The van der Waals surface area contributed by atoms with E-state index in [1.165, 1.54) is 0 Å². The lowest BCUT2D eigenvalue weighted by Crippen LogP contribution is -2.26. The number of rotatable bonds is 5. The molecule has 0 aliphatic carbocycles. The normalized spacial score (nSPS) is 12.6. The van der Waals surface area contributed by atoms with Crippen molar-refractivity contribution in [1.82, 2.24) is 0 Å². The number of nitrogens with two attached hydrogens (primary N) is 1. The summed E-state index contributed by atoms with van der Waals surface area (Å²) < 4.78 is 5.62. The van der Waals surface area contributed by atoms with Gasteiger partial charge in [-0.3, -0.25) is 0 Å². The van der Waals surface area contributed by atoms with Crippen molar-refractivity contribution in [3.05, 3.63) is 18.2 Å². The smallest absolute Gasteiger partial charge is 0.123 e. The third-order valence-corrected chi connectivity index (χ3v) is 2.26. The number of benzene rings is 1. The van der Waals surface area contributed by atoms with Gasteiger partial charge in [-0.25, -0.2) is 0 Å². The number of ether oxygens (including phenoxy) is 1. The summed E-state index contributed by atoms with van der Waals surface area (Å²) in [5.74, 6) is 0.757. The predicted octanol–water partition coefficient (Wildman–Crippen LogP) is 1.87. The number of hydrogen-bond donors (Lipinski definition) is 2. The van der Waals surface area contributed by atoms with Gasteiger partial charge in [-0.1, -0.05) is 0 Å². The third-order valence-electron chi connectivity index (χ3n) is 2.26. The average molecular weight is 238 g/mol. The van der Waals surface area contributed by atoms with Crippen molar-refractivity contribution in [2.45, 2.75) is 33.0 Å². The number of hydrogen-bond acceptors (Lipinski definition) is 4. The van der Waals surface area contributed by atoms with Gasteiger partial charge in [0.25, 0.3) is 0 Å². The Hall–Kier alpha value is -1.42. The van der Waals surface area contributed by atoms with E-state index in [2.05, 4.69) is 0 Å². The van der Waals surface area contributed by atoms with Crippen molar-refractivity contribution < 1.29 is 9.84 Å². The van der Waals surface area contributed by atoms with Crippen LogP contribution >= 0.6 is 0 Å². The Morgan fingerprint density at radius 1 is 1.29 bits per heavy atom. The van der Waals surface area contributed by atoms with Crippen LogP contribution in [0.15, 0.2) is 18.2 Å². The molecule has 17 heavy (non-hydrogen) atoms. The van der Waals surface area contributed by atoms with Crippen molar-refractivity contribution in [2.24, 2.45) is 0 Å². The number of nitrogens with zero attached hydrogens (tertiary/aromatic N) is 1. The Morgan fingerprint density at radius 3 is 2.47 bits per heavy atom. The highest BCUT2D eigenvalue weighted by molar-refractivity contribution is 5.60. The number of likely N-dealkylation sites (N-methyl/N-ethyl adjacent to an activating group) is 1. The molecule has 0 heterocycles. The molecule has 1 unspecified atom stereocenters. The maximum atomic E-state index is 9.36. The van der Waals surface area contributed by atoms with Gasteiger partial charge in [0.2, 0.25) is 0 Å². The Kier molecular flexibility index (Phi) is 4.63. The fraction of sp³-hybridized carbons (Fsp3) is 0.538. The van der Waals surface area contributed by atoms with Gasteiger partial charge in [0.05, 0.1) is 12.2 Å². The molecule has 0 bridgehead atoms. The van der Waals surface area contributed by atoms with E-state index in [9.17, 15) is 5.11 Å². The molecule has 1 rings (SSSR count). The zero-order valence-corrected chi connectivity index (χ0v) is 11.0. The van der Waals surface area contributed by atoms with Crippen LogP contribution in [-0.4, -0.2) is 30.9 Å². The first-order chi connectivity index (χ1) is 7.88. The van der Waals surface area contributed by atoms with Gasteiger partial charge in [0.15, 0.2) is 0 Å². The van der Waals surface area contributed by atoms with Crippen LogP contribution in [0, 0.1) is 0 Å². The molecule has 96 valence electrons. The number of aliphatic hydroxyl groups is 1. The van der Waals surface area contributed by atoms with Crippen molar-refractivity contribution >= 4 is 11.4 Å². The van der Waals surface area contributed by atoms with Gasteiger partial charge in [-0.15, -0.1) is 0 Å². The predicted molar refractivity (Wildman–Crippen MR) is 71.6 cm³/mol. The van der Waals surface area contributed by atoms with Gasteiger partial charge in [0, 0.05) is 37.1 Å². The highest BCUT2D eigenvalue weighted by Crippen LogP contribution is 2.25. The fourth-order valence-electron chi connectivity index (χ4n) is 1.67. The molecular weight excluding hydrogens is 216 g/mol. The van der Waals surface area contributed by atoms with E-state index >= 15 is 0 Å². The van der Waals surface area contributed by atoms with Crippen LogP contribution in [-0.2, 0) is 0 Å². The van der Waals surface area contributed by atoms with E-state index in [-0.39, 0.29) is 12.2 Å². The molecule has 4 heteroatoms. The fourth-order valence-corrected chi connectivity index (χ4v) is 1.67. The van der Waals surface area contributed by atoms with E-state index in [4.69, 9.17) is 10.5 Å². The van der Waals surface area contributed by atoms with Crippen molar-refractivity contribution in [3.8, 4) is 5.75 Å². The van der Waals surface area contributed by atoms with Crippen LogP contribution in [0.25, 0.3) is 0 Å². The Balaban J connectivity index is 2.88. The standard InChI is InChI=1S/C13H22N2O2/c1-9(2)17-13-6-11(14)5-12(7-13)15(4)8-10(3)16/h5-7,9-10,16H,8,14H2,1-4H3. The summed E-state index contributed by atoms with van der Waals surface area (Å²) in [5, 5.41) is 9.36. The minimum atomic E-state index is -0.379. The largest absolute Gasteiger partial charge is 0.491 e. The minimum absolute atomic E-state index is 0.117. The van der Waals surface area contributed by atoms with Gasteiger partial charge >= 0.3 is 0 Å². The second-order valence-electron chi connectivity index (χ2n) is 4.66. The molecule has 1 aromatic carbocycles. The Labute approximate surface area is 103 Å². The Morgan fingerprint density at radius 2 is 1.94 bits per heavy atom. The quantitative estimate of drug-likeness (QED) is 0.769. The summed E-state index contributed by atoms with van der Waals surface area (Å²) >= 11 is 0. The molecule has 0 fully saturated rings. The number of anilines is 2. The summed E-state index contributed by atoms with van der Waals surface area (Å²) in [6.07, 6.45) is -0.261. The highest BCUT2D eigenvalue weighted by Gasteiger charge is 2.08. The molecule has 0 radical (unpaired) electrons. The van der Waals surface area contributed by atoms with Crippen LogP contribution in [0.5, 0.6) is 5.75 Å². The molecule has 4 nitrogen and oxygen atoms in total. The van der Waals surface area contributed by atoms with E-state index in [0.29, 0.717) is 12.2 Å². The molecular formula is C13H22N2O2. The summed E-state index contributed by atoms with van der Waals surface area (Å²) in [5.41, 5.74) is 7.44. The first-order valence-electron chi connectivity index (χ1n) is 5.85. The van der Waals surface area contributed by atoms with Crippen LogP contribution in [0.4, 0.5) is 11.4 Å². The van der Waals surface area contributed by atoms with Crippen molar-refractivity contribution in [2.75, 3.05) is 24.2 Å². The third kappa shape index (κ3) is 4.53. The number of nitrogen functional groups attached to an aromatic ring is 1. The maximum absolute atomic E-state index is 9.36. The zero-order chi connectivity index (χ0) is 13.0. The lowest BCUT2D eigenvalue weighted by molar-refractivity contribution is 0.201. The molecule has 1 atom stereocenters. The molecule has 0 aliphatic rings. The van der Waals surface area contributed by atoms with Crippen molar-refractivity contribution in [1.29, 1.82) is 0 Å². The zero-order valence-electron chi connectivity index (χ0n) is 11.0. The van der Waals surface area contributed by atoms with E-state index in [0.717, 1.165) is 11.4 Å². The van der Waals surface area contributed by atoms with Crippen molar-refractivity contribution in [3.63, 3.8) is 0 Å². The Bertz CT molecular complexity index is 364. The summed E-state index contributed by atoms with van der Waals surface area (Å²) in [7, 11) is 1.92. The molecule has 0 saturated heterocycles. The molecule has 1 aromatic rings. The second kappa shape index (κ2) is 5.77. The lowest BCUT2D eigenvalue weighted by atomic mass is 10.2. The minimum Gasteiger partial charge on any atom is -0.491 e. The van der Waals surface area contributed by atoms with Crippen LogP contribution in [0.3, 0.4) is 0 Å². The lowest BCUT2D eigenvalue weighted by Gasteiger charge is -2.22. The summed E-state index contributed by atoms with van der Waals surface area (Å²) in [6, 6.07) is 5.61. The topological polar surface area (TPSA) is 58.7 Å². The SMILES string of the molecule is CC(O)CN(C)c1cc(N)cc(OC(C)C)c1. The van der Waals surface area contributed by atoms with Gasteiger partial charge in [0.1, 0.15) is 5.75 Å². The maximum Gasteiger partial charge on any atom is 0.123 e. The molecule has 3 N–H and O–H groups in total. The highest BCUT2D eigenvalue weighted by atomic mass is 16.5. The van der Waals surface area contributed by atoms with E-state index in [1.54, 1.807) is 13.0 Å². The monoisotopic (exact) mass is 238 g/mol. The summed E-state index contributed by atoms with van der Waals surface area (Å²) in [4.78, 5) is 1.95. The molecule has 0 amide bonds. The second-order valence-corrected chi connectivity index (χ2v) is 4.66. The molecule has 0 aliphatic heterocycles. The van der Waals surface area contributed by atoms with E-state index < -0.39 is 0 Å². The van der Waals surface area contributed by atoms with Gasteiger partial charge < -0.3 is 20.5 Å². The van der Waals surface area contributed by atoms with E-state index in [1.807, 2.05) is 37.9 Å². The van der Waals surface area contributed by atoms with Crippen LogP contribution < -0.4 is 15.4 Å². The molecule has 0 saturated carbocycles. The van der Waals surface area contributed by atoms with Crippen LogP contribution in [0.1, 0.15) is 20.8 Å². The van der Waals surface area contributed by atoms with Crippen LogP contribution in [0.2, 0.25) is 0 Å².